The number of hydrogen-bond donors (Lipinski definition) is 5. The Balaban J connectivity index is 1.35. The lowest BCUT2D eigenvalue weighted by molar-refractivity contribution is -0.385. The minimum atomic E-state index is -2.00. The predicted molar refractivity (Wildman–Crippen MR) is 163 cm³/mol. The maximum absolute atomic E-state index is 13.6. The third kappa shape index (κ3) is 5.17. The summed E-state index contributed by atoms with van der Waals surface area (Å²) in [5.74, 6) is -3.37. The highest BCUT2D eigenvalue weighted by atomic mass is 16.6. The van der Waals surface area contributed by atoms with Crippen molar-refractivity contribution in [2.45, 2.75) is 76.0 Å². The second-order valence-electron chi connectivity index (χ2n) is 12.6. The van der Waals surface area contributed by atoms with Crippen molar-refractivity contribution in [2.24, 2.45) is 5.92 Å². The molecule has 3 aliphatic rings. The van der Waals surface area contributed by atoms with Crippen molar-refractivity contribution in [3.63, 3.8) is 0 Å². The molecule has 0 amide bonds. The molecular weight excluding hydrogens is 596 g/mol. The van der Waals surface area contributed by atoms with Gasteiger partial charge >= 0.3 is 0 Å². The quantitative estimate of drug-likeness (QED) is 0.114. The van der Waals surface area contributed by atoms with Crippen molar-refractivity contribution >= 4 is 23.0 Å². The van der Waals surface area contributed by atoms with Gasteiger partial charge in [0.1, 0.15) is 17.1 Å². The average molecular weight is 631 g/mol. The number of ether oxygens (including phenoxy) is 1. The third-order valence-corrected chi connectivity index (χ3v) is 9.68. The van der Waals surface area contributed by atoms with E-state index in [0.717, 1.165) is 0 Å². The number of nitrogens with zero attached hydrogens (tertiary/aromatic N) is 1. The van der Waals surface area contributed by atoms with Crippen molar-refractivity contribution in [3.05, 3.63) is 97.6 Å². The molecule has 5 N–H and O–H groups in total. The molecule has 6 atom stereocenters. The summed E-state index contributed by atoms with van der Waals surface area (Å²) < 4.78 is 6.49. The second kappa shape index (κ2) is 11.7. The zero-order chi connectivity index (χ0) is 33.1. The van der Waals surface area contributed by atoms with E-state index >= 15 is 0 Å². The van der Waals surface area contributed by atoms with Crippen molar-refractivity contribution < 1.29 is 44.5 Å². The van der Waals surface area contributed by atoms with Crippen LogP contribution in [-0.4, -0.2) is 66.5 Å². The van der Waals surface area contributed by atoms with Gasteiger partial charge in [0.25, 0.3) is 5.69 Å². The average Bonchev–Trinajstić information content (AvgIpc) is 3.02. The smallest absolute Gasteiger partial charge is 0.273 e. The first-order chi connectivity index (χ1) is 21.8. The lowest BCUT2D eigenvalue weighted by Crippen LogP contribution is -2.51. The van der Waals surface area contributed by atoms with E-state index in [1.165, 1.54) is 25.1 Å². The summed E-state index contributed by atoms with van der Waals surface area (Å²) >= 11 is 0. The normalized spacial score (nSPS) is 27.0. The van der Waals surface area contributed by atoms with Crippen molar-refractivity contribution in [1.29, 1.82) is 0 Å². The highest BCUT2D eigenvalue weighted by molar-refractivity contribution is 6.30. The van der Waals surface area contributed by atoms with Gasteiger partial charge < -0.3 is 30.5 Å². The van der Waals surface area contributed by atoms with E-state index < -0.39 is 70.1 Å². The zero-order valence-corrected chi connectivity index (χ0v) is 25.2. The molecule has 12 heteroatoms. The van der Waals surface area contributed by atoms with Gasteiger partial charge in [-0.15, -0.1) is 0 Å². The Kier molecular flexibility index (Phi) is 8.01. The molecule has 1 saturated carbocycles. The number of phenolic OH excluding ortho intramolecular Hbond substituents is 2. The first kappa shape index (κ1) is 31.5. The number of benzene rings is 3. The third-order valence-electron chi connectivity index (χ3n) is 9.68. The van der Waals surface area contributed by atoms with Crippen LogP contribution in [0.4, 0.5) is 5.69 Å². The molecule has 3 aromatic rings. The predicted octanol–water partition coefficient (Wildman–Crippen LogP) is 3.42. The van der Waals surface area contributed by atoms with Gasteiger partial charge in [0, 0.05) is 59.3 Å². The molecule has 1 fully saturated rings. The van der Waals surface area contributed by atoms with Crippen LogP contribution in [0, 0.1) is 16.0 Å². The fourth-order valence-corrected chi connectivity index (χ4v) is 7.16. The van der Waals surface area contributed by atoms with Gasteiger partial charge in [0.2, 0.25) is 0 Å². The first-order valence-corrected chi connectivity index (χ1v) is 15.1. The van der Waals surface area contributed by atoms with E-state index in [9.17, 15) is 44.9 Å². The van der Waals surface area contributed by atoms with Gasteiger partial charge in [-0.2, -0.15) is 0 Å². The van der Waals surface area contributed by atoms with Gasteiger partial charge in [0.15, 0.2) is 17.3 Å². The summed E-state index contributed by atoms with van der Waals surface area (Å²) in [6, 6.07) is 11.8. The van der Waals surface area contributed by atoms with Crippen LogP contribution in [0.15, 0.2) is 48.5 Å². The maximum atomic E-state index is 13.6. The number of nitrogens with one attached hydrogen (secondary N) is 1. The number of phenols is 2. The fraction of sp³-hybridized carbons (Fsp3) is 0.382. The molecule has 0 saturated heterocycles. The summed E-state index contributed by atoms with van der Waals surface area (Å²) in [6.07, 6.45) is -2.68. The second-order valence-corrected chi connectivity index (χ2v) is 12.6. The molecule has 0 radical (unpaired) electrons. The topological polar surface area (TPSA) is 197 Å². The summed E-state index contributed by atoms with van der Waals surface area (Å²) in [5, 5.41) is 60.2. The van der Waals surface area contributed by atoms with Gasteiger partial charge in [-0.05, 0) is 25.7 Å². The number of para-hydroxylation sites is 1. The Morgan fingerprint density at radius 2 is 1.63 bits per heavy atom. The number of ketones is 3. The molecule has 12 nitrogen and oxygen atoms in total. The lowest BCUT2D eigenvalue weighted by atomic mass is 9.72. The number of aliphatic hydroxyl groups is 2. The fourth-order valence-electron chi connectivity index (χ4n) is 7.16. The lowest BCUT2D eigenvalue weighted by Gasteiger charge is -2.43. The molecule has 6 rings (SSSR count). The van der Waals surface area contributed by atoms with E-state index in [1.54, 1.807) is 30.3 Å². The minimum Gasteiger partial charge on any atom is -0.507 e. The number of rotatable bonds is 7. The molecule has 0 aromatic heterocycles. The number of hydrogen-bond acceptors (Lipinski definition) is 11. The Labute approximate surface area is 263 Å². The summed E-state index contributed by atoms with van der Waals surface area (Å²) in [5.41, 5.74) is -2.27. The van der Waals surface area contributed by atoms with Crippen LogP contribution in [-0.2, 0) is 22.5 Å². The standard InChI is InChI=1S/C34H34N2O10/c1-16-11-19(12-23(29(16)38)35-15-18-7-3-6-10-24(18)36(44)45)46-25-14-34(43,17(2)37)13-22-26(25)33(42)28-27(32(22)41)30(39)20-8-4-5-9-21(20)31(28)40/h3-10,16,19,23,25,29,35,38,41-43H,11-15H2,1-2H3/t16?,19?,23?,25-,29?,34-/m0/s1. The number of fused-ring (bicyclic) bond motifs is 3. The SMILES string of the molecule is CC(=O)[C@]1(O)Cc2c(O)c3c(c(O)c2[C@@H](OC2CC(C)C(O)C(NCc4ccccc4[N+](=O)[O-])C2)C1)C(=O)c1ccccc1C3=O. The Hall–Kier alpha value is -4.49. The molecular formula is C34H34N2O10. The first-order valence-electron chi connectivity index (χ1n) is 15.1. The summed E-state index contributed by atoms with van der Waals surface area (Å²) in [4.78, 5) is 50.8. The van der Waals surface area contributed by atoms with Gasteiger partial charge in [-0.1, -0.05) is 49.4 Å². The minimum absolute atomic E-state index is 0.0194. The van der Waals surface area contributed by atoms with Crippen LogP contribution in [0.25, 0.3) is 0 Å². The van der Waals surface area contributed by atoms with Crippen molar-refractivity contribution in [3.8, 4) is 11.5 Å². The Bertz CT molecular complexity index is 1790. The Morgan fingerprint density at radius 3 is 2.26 bits per heavy atom. The molecule has 3 aliphatic carbocycles. The Morgan fingerprint density at radius 1 is 1.02 bits per heavy atom. The van der Waals surface area contributed by atoms with Crippen LogP contribution in [0.2, 0.25) is 0 Å². The van der Waals surface area contributed by atoms with Gasteiger partial charge in [-0.3, -0.25) is 24.5 Å². The highest BCUT2D eigenvalue weighted by Crippen LogP contribution is 2.52. The summed E-state index contributed by atoms with van der Waals surface area (Å²) in [6.45, 7) is 3.12. The van der Waals surface area contributed by atoms with E-state index in [4.69, 9.17) is 4.74 Å². The summed E-state index contributed by atoms with van der Waals surface area (Å²) in [7, 11) is 0. The van der Waals surface area contributed by atoms with Crippen LogP contribution < -0.4 is 5.32 Å². The number of carbonyl (C=O) groups excluding carboxylic acids is 3. The maximum Gasteiger partial charge on any atom is 0.273 e. The van der Waals surface area contributed by atoms with E-state index in [1.807, 2.05) is 6.92 Å². The molecule has 46 heavy (non-hydrogen) atoms. The molecule has 240 valence electrons. The van der Waals surface area contributed by atoms with Crippen LogP contribution >= 0.6 is 0 Å². The molecule has 0 heterocycles. The van der Waals surface area contributed by atoms with Gasteiger partial charge in [-0.25, -0.2) is 0 Å². The van der Waals surface area contributed by atoms with E-state index in [-0.39, 0.29) is 64.4 Å². The van der Waals surface area contributed by atoms with Gasteiger partial charge in [0.05, 0.1) is 34.4 Å². The number of nitro benzene ring substituents is 1. The monoisotopic (exact) mass is 630 g/mol. The largest absolute Gasteiger partial charge is 0.507 e. The van der Waals surface area contributed by atoms with Crippen LogP contribution in [0.1, 0.15) is 87.7 Å². The molecule has 0 aliphatic heterocycles. The van der Waals surface area contributed by atoms with Crippen molar-refractivity contribution in [2.75, 3.05) is 0 Å². The van der Waals surface area contributed by atoms with E-state index in [0.29, 0.717) is 12.0 Å². The number of Topliss-reactive ketones (excluding diaryl/α,β-unsaturated/α-hetero) is 1. The number of nitro groups is 1. The van der Waals surface area contributed by atoms with Crippen LogP contribution in [0.3, 0.4) is 0 Å². The molecule has 3 aromatic carbocycles. The number of aromatic hydroxyl groups is 2. The van der Waals surface area contributed by atoms with Crippen LogP contribution in [0.5, 0.6) is 11.5 Å². The molecule has 0 bridgehead atoms. The molecule has 0 spiro atoms. The highest BCUT2D eigenvalue weighted by Gasteiger charge is 2.49. The number of aliphatic hydroxyl groups excluding tert-OH is 1. The zero-order valence-electron chi connectivity index (χ0n) is 25.2. The molecule has 4 unspecified atom stereocenters. The number of carbonyl (C=O) groups is 3. The van der Waals surface area contributed by atoms with Crippen molar-refractivity contribution in [1.82, 2.24) is 5.32 Å². The van der Waals surface area contributed by atoms with E-state index in [2.05, 4.69) is 5.32 Å².